The molecule has 1 rings (SSSR count). The molecule has 108 valence electrons. The summed E-state index contributed by atoms with van der Waals surface area (Å²) in [5.74, 6) is 0.419. The standard InChI is InChI=1S/C15H24ClNO2/c1-18-8-4-9-19-10-7-13(12-17)11-14-5-2-3-6-15(14)16/h2-3,5-6,13H,4,7-12,17H2,1H3. The molecule has 0 spiro atoms. The first-order valence-corrected chi connectivity index (χ1v) is 7.16. The SMILES string of the molecule is COCCCOCCC(CN)Cc1ccccc1Cl. The molecule has 0 aliphatic heterocycles. The summed E-state index contributed by atoms with van der Waals surface area (Å²) in [6, 6.07) is 7.94. The van der Waals surface area contributed by atoms with Crippen molar-refractivity contribution >= 4 is 11.6 Å². The predicted octanol–water partition coefficient (Wildman–Crippen LogP) is 2.90. The van der Waals surface area contributed by atoms with Crippen LogP contribution in [-0.4, -0.2) is 33.5 Å². The fourth-order valence-electron chi connectivity index (χ4n) is 1.94. The molecule has 0 aliphatic rings. The summed E-state index contributed by atoms with van der Waals surface area (Å²) in [5.41, 5.74) is 6.98. The summed E-state index contributed by atoms with van der Waals surface area (Å²) in [4.78, 5) is 0. The van der Waals surface area contributed by atoms with Crippen LogP contribution < -0.4 is 5.73 Å². The third-order valence-electron chi connectivity index (χ3n) is 3.11. The van der Waals surface area contributed by atoms with Crippen LogP contribution in [0.2, 0.25) is 5.02 Å². The molecule has 0 saturated carbocycles. The molecule has 4 heteroatoms. The van der Waals surface area contributed by atoms with Gasteiger partial charge in [0.05, 0.1) is 0 Å². The zero-order chi connectivity index (χ0) is 13.9. The maximum atomic E-state index is 6.16. The van der Waals surface area contributed by atoms with E-state index >= 15 is 0 Å². The van der Waals surface area contributed by atoms with Crippen LogP contribution in [0.25, 0.3) is 0 Å². The Balaban J connectivity index is 2.24. The second-order valence-corrected chi connectivity index (χ2v) is 5.05. The van der Waals surface area contributed by atoms with Gasteiger partial charge < -0.3 is 15.2 Å². The van der Waals surface area contributed by atoms with Crippen LogP contribution in [0.5, 0.6) is 0 Å². The lowest BCUT2D eigenvalue weighted by atomic mass is 9.96. The zero-order valence-electron chi connectivity index (χ0n) is 11.6. The third kappa shape index (κ3) is 6.92. The Hall–Kier alpha value is -0.610. The topological polar surface area (TPSA) is 44.5 Å². The summed E-state index contributed by atoms with van der Waals surface area (Å²) >= 11 is 6.16. The monoisotopic (exact) mass is 285 g/mol. The van der Waals surface area contributed by atoms with Gasteiger partial charge >= 0.3 is 0 Å². The molecule has 2 N–H and O–H groups in total. The first kappa shape index (κ1) is 16.4. The average Bonchev–Trinajstić information content (AvgIpc) is 2.43. The molecule has 0 bridgehead atoms. The second-order valence-electron chi connectivity index (χ2n) is 4.64. The molecule has 0 fully saturated rings. The van der Waals surface area contributed by atoms with E-state index in [9.17, 15) is 0 Å². The molecule has 0 heterocycles. The van der Waals surface area contributed by atoms with Crippen molar-refractivity contribution in [3.63, 3.8) is 0 Å². The molecule has 3 nitrogen and oxygen atoms in total. The fourth-order valence-corrected chi connectivity index (χ4v) is 2.15. The summed E-state index contributed by atoms with van der Waals surface area (Å²) < 4.78 is 10.5. The first-order chi connectivity index (χ1) is 9.27. The Kier molecular flexibility index (Phi) is 8.84. The van der Waals surface area contributed by atoms with E-state index in [-0.39, 0.29) is 0 Å². The highest BCUT2D eigenvalue weighted by molar-refractivity contribution is 6.31. The molecule has 1 atom stereocenters. The maximum Gasteiger partial charge on any atom is 0.0487 e. The van der Waals surface area contributed by atoms with E-state index in [1.54, 1.807) is 7.11 Å². The number of halogens is 1. The number of hydrogen-bond acceptors (Lipinski definition) is 3. The van der Waals surface area contributed by atoms with Crippen molar-refractivity contribution in [2.45, 2.75) is 19.3 Å². The van der Waals surface area contributed by atoms with Crippen LogP contribution in [0, 0.1) is 5.92 Å². The van der Waals surface area contributed by atoms with E-state index in [1.165, 1.54) is 5.56 Å². The van der Waals surface area contributed by atoms with E-state index in [1.807, 2.05) is 18.2 Å². The minimum atomic E-state index is 0.419. The Morgan fingerprint density at radius 3 is 2.68 bits per heavy atom. The third-order valence-corrected chi connectivity index (χ3v) is 3.48. The first-order valence-electron chi connectivity index (χ1n) is 6.78. The van der Waals surface area contributed by atoms with E-state index in [0.29, 0.717) is 12.5 Å². The number of ether oxygens (including phenoxy) is 2. The van der Waals surface area contributed by atoms with Gasteiger partial charge in [-0.05, 0) is 43.4 Å². The number of hydrogen-bond donors (Lipinski definition) is 1. The molecule has 1 unspecified atom stereocenters. The highest BCUT2D eigenvalue weighted by atomic mass is 35.5. The van der Waals surface area contributed by atoms with Gasteiger partial charge in [-0.2, -0.15) is 0 Å². The highest BCUT2D eigenvalue weighted by Gasteiger charge is 2.10. The summed E-state index contributed by atoms with van der Waals surface area (Å²) in [7, 11) is 1.70. The van der Waals surface area contributed by atoms with E-state index in [2.05, 4.69) is 6.07 Å². The minimum Gasteiger partial charge on any atom is -0.385 e. The lowest BCUT2D eigenvalue weighted by Gasteiger charge is -2.15. The van der Waals surface area contributed by atoms with Gasteiger partial charge in [0.1, 0.15) is 0 Å². The molecule has 0 amide bonds. The van der Waals surface area contributed by atoms with Crippen molar-refractivity contribution in [3.05, 3.63) is 34.9 Å². The smallest absolute Gasteiger partial charge is 0.0487 e. The molecule has 0 radical (unpaired) electrons. The quantitative estimate of drug-likeness (QED) is 0.672. The molecular formula is C15H24ClNO2. The van der Waals surface area contributed by atoms with Gasteiger partial charge in [-0.3, -0.25) is 0 Å². The van der Waals surface area contributed by atoms with Crippen LogP contribution in [0.1, 0.15) is 18.4 Å². The van der Waals surface area contributed by atoms with Crippen LogP contribution in [0.3, 0.4) is 0 Å². The summed E-state index contributed by atoms with van der Waals surface area (Å²) in [6.45, 7) is 2.90. The summed E-state index contributed by atoms with van der Waals surface area (Å²) in [6.07, 6.45) is 2.82. The molecule has 1 aromatic rings. The molecule has 0 aromatic heterocycles. The number of benzene rings is 1. The van der Waals surface area contributed by atoms with E-state index in [0.717, 1.165) is 44.1 Å². The van der Waals surface area contributed by atoms with Crippen LogP contribution in [0.4, 0.5) is 0 Å². The lowest BCUT2D eigenvalue weighted by molar-refractivity contribution is 0.0942. The highest BCUT2D eigenvalue weighted by Crippen LogP contribution is 2.20. The largest absolute Gasteiger partial charge is 0.385 e. The van der Waals surface area contributed by atoms with Crippen molar-refractivity contribution in [1.82, 2.24) is 0 Å². The van der Waals surface area contributed by atoms with E-state index < -0.39 is 0 Å². The van der Waals surface area contributed by atoms with Gasteiger partial charge in [0, 0.05) is 32.0 Å². The normalized spacial score (nSPS) is 12.6. The van der Waals surface area contributed by atoms with Gasteiger partial charge in [-0.1, -0.05) is 29.8 Å². The molecular weight excluding hydrogens is 262 g/mol. The van der Waals surface area contributed by atoms with Crippen LogP contribution >= 0.6 is 11.6 Å². The van der Waals surface area contributed by atoms with Gasteiger partial charge in [-0.25, -0.2) is 0 Å². The van der Waals surface area contributed by atoms with Gasteiger partial charge in [0.2, 0.25) is 0 Å². The fraction of sp³-hybridized carbons (Fsp3) is 0.600. The Labute approximate surface area is 121 Å². The number of rotatable bonds is 10. The van der Waals surface area contributed by atoms with Crippen LogP contribution in [-0.2, 0) is 15.9 Å². The lowest BCUT2D eigenvalue weighted by Crippen LogP contribution is -2.19. The Morgan fingerprint density at radius 2 is 2.00 bits per heavy atom. The van der Waals surface area contributed by atoms with Crippen molar-refractivity contribution in [2.75, 3.05) is 33.5 Å². The van der Waals surface area contributed by atoms with E-state index in [4.69, 9.17) is 26.8 Å². The molecule has 0 saturated heterocycles. The number of methoxy groups -OCH3 is 1. The molecule has 0 aliphatic carbocycles. The molecule has 1 aromatic carbocycles. The Bertz CT molecular complexity index is 347. The van der Waals surface area contributed by atoms with Crippen LogP contribution in [0.15, 0.2) is 24.3 Å². The predicted molar refractivity (Wildman–Crippen MR) is 79.6 cm³/mol. The van der Waals surface area contributed by atoms with Gasteiger partial charge in [0.15, 0.2) is 0 Å². The van der Waals surface area contributed by atoms with Crippen molar-refractivity contribution < 1.29 is 9.47 Å². The second kappa shape index (κ2) is 10.2. The van der Waals surface area contributed by atoms with Gasteiger partial charge in [0.25, 0.3) is 0 Å². The van der Waals surface area contributed by atoms with Gasteiger partial charge in [-0.15, -0.1) is 0 Å². The maximum absolute atomic E-state index is 6.16. The number of nitrogens with two attached hydrogens (primary N) is 1. The van der Waals surface area contributed by atoms with Crippen molar-refractivity contribution in [2.24, 2.45) is 11.7 Å². The average molecular weight is 286 g/mol. The Morgan fingerprint density at radius 1 is 1.21 bits per heavy atom. The van der Waals surface area contributed by atoms with Crippen molar-refractivity contribution in [3.8, 4) is 0 Å². The van der Waals surface area contributed by atoms with Crippen molar-refractivity contribution in [1.29, 1.82) is 0 Å². The molecule has 19 heavy (non-hydrogen) atoms. The zero-order valence-corrected chi connectivity index (χ0v) is 12.4. The minimum absolute atomic E-state index is 0.419. The summed E-state index contributed by atoms with van der Waals surface area (Å²) in [5, 5.41) is 0.821.